The second-order valence-electron chi connectivity index (χ2n) is 5.68. The zero-order valence-corrected chi connectivity index (χ0v) is 14.6. The quantitative estimate of drug-likeness (QED) is 0.828. The van der Waals surface area contributed by atoms with Gasteiger partial charge in [0.1, 0.15) is 0 Å². The van der Waals surface area contributed by atoms with Crippen molar-refractivity contribution in [3.63, 3.8) is 0 Å². The minimum Gasteiger partial charge on any atom is -0.323 e. The molecule has 5 nitrogen and oxygen atoms in total. The Morgan fingerprint density at radius 1 is 1.23 bits per heavy atom. The summed E-state index contributed by atoms with van der Waals surface area (Å²) in [4.78, 5) is 0. The fourth-order valence-electron chi connectivity index (χ4n) is 2.76. The monoisotopic (exact) mass is 347 g/mol. The minimum atomic E-state index is -3.46. The number of halogens is 1. The summed E-state index contributed by atoms with van der Waals surface area (Å²) in [6.45, 7) is 0.212. The number of rotatable bonds is 6. The molecule has 7 heteroatoms. The van der Waals surface area contributed by atoms with Crippen molar-refractivity contribution in [1.82, 2.24) is 9.03 Å². The molecule has 0 aliphatic heterocycles. The van der Waals surface area contributed by atoms with E-state index in [0.29, 0.717) is 0 Å². The van der Waals surface area contributed by atoms with Crippen LogP contribution in [0, 0.1) is 0 Å². The molecule has 1 fully saturated rings. The van der Waals surface area contributed by atoms with Gasteiger partial charge >= 0.3 is 0 Å². The minimum absolute atomic E-state index is 0. The SMILES string of the molecule is CN(C1CCCCC1)S(=O)(=O)NCC(N)c1ccccc1.Cl. The first-order valence-electron chi connectivity index (χ1n) is 7.54. The highest BCUT2D eigenvalue weighted by Crippen LogP contribution is 2.23. The van der Waals surface area contributed by atoms with Gasteiger partial charge in [0.15, 0.2) is 0 Å². The smallest absolute Gasteiger partial charge is 0.279 e. The molecule has 0 radical (unpaired) electrons. The van der Waals surface area contributed by atoms with Crippen LogP contribution in [0.4, 0.5) is 0 Å². The summed E-state index contributed by atoms with van der Waals surface area (Å²) in [6, 6.07) is 9.31. The molecule has 1 aliphatic rings. The van der Waals surface area contributed by atoms with Gasteiger partial charge in [-0.1, -0.05) is 49.6 Å². The van der Waals surface area contributed by atoms with Crippen molar-refractivity contribution in [3.8, 4) is 0 Å². The molecule has 1 atom stereocenters. The lowest BCUT2D eigenvalue weighted by atomic mass is 9.96. The molecule has 0 spiro atoms. The van der Waals surface area contributed by atoms with E-state index in [0.717, 1.165) is 31.2 Å². The predicted molar refractivity (Wildman–Crippen MR) is 92.2 cm³/mol. The first kappa shape index (κ1) is 19.4. The summed E-state index contributed by atoms with van der Waals surface area (Å²) in [5.41, 5.74) is 6.97. The van der Waals surface area contributed by atoms with E-state index in [1.165, 1.54) is 10.7 Å². The van der Waals surface area contributed by atoms with Gasteiger partial charge in [-0.15, -0.1) is 12.4 Å². The summed E-state index contributed by atoms with van der Waals surface area (Å²) in [7, 11) is -1.80. The Balaban J connectivity index is 0.00000242. The molecular weight excluding hydrogens is 322 g/mol. The van der Waals surface area contributed by atoms with Crippen molar-refractivity contribution in [2.45, 2.75) is 44.2 Å². The first-order valence-corrected chi connectivity index (χ1v) is 8.98. The highest BCUT2D eigenvalue weighted by atomic mass is 35.5. The maximum Gasteiger partial charge on any atom is 0.279 e. The lowest BCUT2D eigenvalue weighted by molar-refractivity contribution is 0.282. The maximum absolute atomic E-state index is 12.3. The molecule has 1 aliphatic carbocycles. The van der Waals surface area contributed by atoms with Crippen molar-refractivity contribution in [2.24, 2.45) is 5.73 Å². The number of hydrogen-bond acceptors (Lipinski definition) is 3. The number of nitrogens with one attached hydrogen (secondary N) is 1. The predicted octanol–water partition coefficient (Wildman–Crippen LogP) is 2.21. The van der Waals surface area contributed by atoms with Crippen molar-refractivity contribution < 1.29 is 8.42 Å². The average molecular weight is 348 g/mol. The fraction of sp³-hybridized carbons (Fsp3) is 0.600. The molecule has 1 aromatic carbocycles. The second-order valence-corrected chi connectivity index (χ2v) is 7.49. The van der Waals surface area contributed by atoms with Crippen LogP contribution < -0.4 is 10.5 Å². The number of benzene rings is 1. The van der Waals surface area contributed by atoms with Crippen LogP contribution in [0.3, 0.4) is 0 Å². The van der Waals surface area contributed by atoms with E-state index < -0.39 is 10.2 Å². The number of hydrogen-bond donors (Lipinski definition) is 2. The lowest BCUT2D eigenvalue weighted by Crippen LogP contribution is -2.46. The standard InChI is InChI=1S/C15H25N3O2S.ClH/c1-18(14-10-6-3-7-11-14)21(19,20)17-12-15(16)13-8-4-2-5-9-13;/h2,4-5,8-9,14-15,17H,3,6-7,10-12,16H2,1H3;1H. The molecule has 1 saturated carbocycles. The third kappa shape index (κ3) is 5.21. The van der Waals surface area contributed by atoms with Crippen LogP contribution >= 0.6 is 12.4 Å². The van der Waals surface area contributed by atoms with Crippen molar-refractivity contribution in [2.75, 3.05) is 13.6 Å². The molecule has 3 N–H and O–H groups in total. The highest BCUT2D eigenvalue weighted by Gasteiger charge is 2.27. The Kier molecular flexibility index (Phi) is 7.79. The van der Waals surface area contributed by atoms with Crippen LogP contribution in [-0.2, 0) is 10.2 Å². The van der Waals surface area contributed by atoms with E-state index in [2.05, 4.69) is 4.72 Å². The normalized spacial score (nSPS) is 18.0. The Bertz CT molecular complexity index is 533. The summed E-state index contributed by atoms with van der Waals surface area (Å²) in [5, 5.41) is 0. The molecule has 2 rings (SSSR count). The molecular formula is C15H26ClN3O2S. The van der Waals surface area contributed by atoms with Crippen LogP contribution in [0.5, 0.6) is 0 Å². The second kappa shape index (κ2) is 8.84. The molecule has 0 saturated heterocycles. The van der Waals surface area contributed by atoms with Gasteiger partial charge in [0.2, 0.25) is 0 Å². The van der Waals surface area contributed by atoms with Gasteiger partial charge in [0.05, 0.1) is 0 Å². The van der Waals surface area contributed by atoms with E-state index in [1.54, 1.807) is 7.05 Å². The van der Waals surface area contributed by atoms with Gasteiger partial charge in [0, 0.05) is 25.7 Å². The van der Waals surface area contributed by atoms with Crippen LogP contribution in [0.25, 0.3) is 0 Å². The van der Waals surface area contributed by atoms with Crippen LogP contribution in [-0.4, -0.2) is 32.4 Å². The van der Waals surface area contributed by atoms with Gasteiger partial charge in [-0.25, -0.2) is 4.72 Å². The summed E-state index contributed by atoms with van der Waals surface area (Å²) < 4.78 is 28.8. The van der Waals surface area contributed by atoms with E-state index in [9.17, 15) is 8.42 Å². The molecule has 1 unspecified atom stereocenters. The Morgan fingerprint density at radius 3 is 2.41 bits per heavy atom. The topological polar surface area (TPSA) is 75.4 Å². The Labute approximate surface area is 139 Å². The van der Waals surface area contributed by atoms with Crippen LogP contribution in [0.15, 0.2) is 30.3 Å². The van der Waals surface area contributed by atoms with Crippen LogP contribution in [0.1, 0.15) is 43.7 Å². The summed E-state index contributed by atoms with van der Waals surface area (Å²) in [5.74, 6) is 0. The van der Waals surface area contributed by atoms with Crippen LogP contribution in [0.2, 0.25) is 0 Å². The molecule has 0 bridgehead atoms. The molecule has 0 heterocycles. The molecule has 0 aromatic heterocycles. The number of nitrogens with two attached hydrogens (primary N) is 1. The maximum atomic E-state index is 12.3. The third-order valence-corrected chi connectivity index (χ3v) is 5.77. The molecule has 1 aromatic rings. The largest absolute Gasteiger partial charge is 0.323 e. The molecule has 126 valence electrons. The first-order chi connectivity index (χ1) is 10.0. The van der Waals surface area contributed by atoms with Gasteiger partial charge < -0.3 is 5.73 Å². The zero-order valence-electron chi connectivity index (χ0n) is 12.9. The number of nitrogens with zero attached hydrogens (tertiary/aromatic N) is 1. The molecule has 22 heavy (non-hydrogen) atoms. The summed E-state index contributed by atoms with van der Waals surface area (Å²) >= 11 is 0. The van der Waals surface area contributed by atoms with E-state index >= 15 is 0 Å². The van der Waals surface area contributed by atoms with Gasteiger partial charge in [-0.2, -0.15) is 12.7 Å². The third-order valence-electron chi connectivity index (χ3n) is 4.18. The fourth-order valence-corrected chi connectivity index (χ4v) is 3.95. The zero-order chi connectivity index (χ0) is 15.3. The van der Waals surface area contributed by atoms with Crippen molar-refractivity contribution in [1.29, 1.82) is 0 Å². The highest BCUT2D eigenvalue weighted by molar-refractivity contribution is 7.87. The van der Waals surface area contributed by atoms with Gasteiger partial charge in [-0.05, 0) is 18.4 Å². The van der Waals surface area contributed by atoms with Gasteiger partial charge in [0.25, 0.3) is 10.2 Å². The lowest BCUT2D eigenvalue weighted by Gasteiger charge is -2.30. The van der Waals surface area contributed by atoms with Crippen molar-refractivity contribution >= 4 is 22.6 Å². The summed E-state index contributed by atoms with van der Waals surface area (Å²) in [6.07, 6.45) is 5.31. The van der Waals surface area contributed by atoms with E-state index in [1.807, 2.05) is 30.3 Å². The van der Waals surface area contributed by atoms with E-state index in [-0.39, 0.29) is 31.0 Å². The average Bonchev–Trinajstić information content (AvgIpc) is 2.53. The Hall–Kier alpha value is -0.660. The van der Waals surface area contributed by atoms with E-state index in [4.69, 9.17) is 5.73 Å². The Morgan fingerprint density at radius 2 is 1.82 bits per heavy atom. The molecule has 0 amide bonds. The van der Waals surface area contributed by atoms with Crippen molar-refractivity contribution in [3.05, 3.63) is 35.9 Å². The van der Waals surface area contributed by atoms with Gasteiger partial charge in [-0.3, -0.25) is 0 Å².